The van der Waals surface area contributed by atoms with Gasteiger partial charge in [-0.15, -0.1) is 0 Å². The Kier molecular flexibility index (Phi) is 4.93. The number of amidine groups is 1. The predicted molar refractivity (Wildman–Crippen MR) is 69.8 cm³/mol. The van der Waals surface area contributed by atoms with E-state index >= 15 is 0 Å². The van der Waals surface area contributed by atoms with Gasteiger partial charge in [0.1, 0.15) is 0 Å². The number of hydrogen-bond acceptors (Lipinski definition) is 3. The molecule has 0 atom stereocenters. The minimum absolute atomic E-state index is 0.228. The molecule has 0 bridgehead atoms. The average molecular weight is 229 g/mol. The zero-order valence-corrected chi connectivity index (χ0v) is 11.2. The Hall–Kier alpha value is -0.220. The van der Waals surface area contributed by atoms with Crippen LogP contribution in [0.15, 0.2) is 4.99 Å². The molecule has 1 N–H and O–H groups in total. The van der Waals surface area contributed by atoms with E-state index in [0.717, 1.165) is 24.7 Å². The van der Waals surface area contributed by atoms with Crippen molar-refractivity contribution >= 4 is 16.9 Å². The molecular formula is C11H23N3S. The van der Waals surface area contributed by atoms with E-state index in [2.05, 4.69) is 43.2 Å². The van der Waals surface area contributed by atoms with Crippen molar-refractivity contribution in [3.8, 4) is 0 Å². The summed E-state index contributed by atoms with van der Waals surface area (Å²) in [6.45, 7) is 6.53. The van der Waals surface area contributed by atoms with Crippen molar-refractivity contribution in [1.29, 1.82) is 0 Å². The summed E-state index contributed by atoms with van der Waals surface area (Å²) in [7, 11) is 4.20. The van der Waals surface area contributed by atoms with Crippen LogP contribution in [0.3, 0.4) is 0 Å². The summed E-state index contributed by atoms with van der Waals surface area (Å²) in [5, 5.41) is 4.61. The van der Waals surface area contributed by atoms with E-state index in [0.29, 0.717) is 0 Å². The molecule has 1 fully saturated rings. The summed E-state index contributed by atoms with van der Waals surface area (Å²) in [4.78, 5) is 6.79. The van der Waals surface area contributed by atoms with E-state index in [1.807, 2.05) is 11.8 Å². The van der Waals surface area contributed by atoms with Gasteiger partial charge in [0, 0.05) is 17.8 Å². The molecule has 1 aliphatic rings. The number of aliphatic imine (C=N–C) groups is 1. The molecule has 0 saturated carbocycles. The van der Waals surface area contributed by atoms with E-state index < -0.39 is 0 Å². The quantitative estimate of drug-likeness (QED) is 0.745. The van der Waals surface area contributed by atoms with Gasteiger partial charge in [0.2, 0.25) is 0 Å². The van der Waals surface area contributed by atoms with Gasteiger partial charge >= 0.3 is 0 Å². The number of rotatable bonds is 4. The fourth-order valence-corrected chi connectivity index (χ4v) is 2.78. The molecule has 0 spiro atoms. The van der Waals surface area contributed by atoms with Crippen LogP contribution in [-0.2, 0) is 0 Å². The molecule has 1 heterocycles. The van der Waals surface area contributed by atoms with E-state index in [1.54, 1.807) is 0 Å². The minimum Gasteiger partial charge on any atom is -0.360 e. The lowest BCUT2D eigenvalue weighted by molar-refractivity contribution is 0.402. The molecule has 1 saturated heterocycles. The largest absolute Gasteiger partial charge is 0.360 e. The number of hydrogen-bond donors (Lipinski definition) is 1. The summed E-state index contributed by atoms with van der Waals surface area (Å²) in [5.74, 6) is 1.19. The third-order valence-corrected chi connectivity index (χ3v) is 3.34. The van der Waals surface area contributed by atoms with Gasteiger partial charge in [0.15, 0.2) is 5.17 Å². The molecule has 0 aromatic heterocycles. The molecule has 1 rings (SSSR count). The second-order valence-electron chi connectivity index (χ2n) is 4.95. The highest BCUT2D eigenvalue weighted by Gasteiger charge is 2.23. The molecule has 88 valence electrons. The fraction of sp³-hybridized carbons (Fsp3) is 0.909. The molecule has 0 amide bonds. The Labute approximate surface area is 97.7 Å². The first kappa shape index (κ1) is 12.8. The zero-order valence-electron chi connectivity index (χ0n) is 10.3. The molecule has 0 aromatic carbocycles. The monoisotopic (exact) mass is 229 g/mol. The Morgan fingerprint density at radius 3 is 2.80 bits per heavy atom. The normalized spacial score (nSPS) is 23.1. The topological polar surface area (TPSA) is 27.6 Å². The van der Waals surface area contributed by atoms with Gasteiger partial charge in [-0.05, 0) is 47.3 Å². The number of nitrogens with one attached hydrogen (secondary N) is 1. The Morgan fingerprint density at radius 1 is 1.47 bits per heavy atom. The van der Waals surface area contributed by atoms with Gasteiger partial charge in [-0.2, -0.15) is 0 Å². The maximum atomic E-state index is 4.59. The van der Waals surface area contributed by atoms with Gasteiger partial charge in [-0.1, -0.05) is 11.8 Å². The molecule has 4 heteroatoms. The van der Waals surface area contributed by atoms with Crippen molar-refractivity contribution in [3.05, 3.63) is 0 Å². The SMILES string of the molecule is CN(C)CCCN=C1NC(C)(C)CCS1. The lowest BCUT2D eigenvalue weighted by Crippen LogP contribution is -2.46. The van der Waals surface area contributed by atoms with Gasteiger partial charge in [-0.3, -0.25) is 4.99 Å². The van der Waals surface area contributed by atoms with Gasteiger partial charge in [0.25, 0.3) is 0 Å². The highest BCUT2D eigenvalue weighted by Crippen LogP contribution is 2.21. The Bertz CT molecular complexity index is 224. The summed E-state index contributed by atoms with van der Waals surface area (Å²) < 4.78 is 0. The van der Waals surface area contributed by atoms with Crippen LogP contribution < -0.4 is 5.32 Å². The third kappa shape index (κ3) is 5.42. The first-order valence-corrected chi connectivity index (χ1v) is 6.58. The average Bonchev–Trinajstić information content (AvgIpc) is 2.10. The number of nitrogens with zero attached hydrogens (tertiary/aromatic N) is 2. The number of thioether (sulfide) groups is 1. The molecule has 0 radical (unpaired) electrons. The summed E-state index contributed by atoms with van der Waals surface area (Å²) in [6.07, 6.45) is 2.35. The summed E-state index contributed by atoms with van der Waals surface area (Å²) >= 11 is 1.85. The van der Waals surface area contributed by atoms with E-state index in [9.17, 15) is 0 Å². The van der Waals surface area contributed by atoms with E-state index in [1.165, 1.54) is 12.2 Å². The van der Waals surface area contributed by atoms with Crippen LogP contribution in [0.5, 0.6) is 0 Å². The Balaban J connectivity index is 2.27. The molecule has 15 heavy (non-hydrogen) atoms. The second kappa shape index (κ2) is 5.75. The van der Waals surface area contributed by atoms with Crippen molar-refractivity contribution in [1.82, 2.24) is 10.2 Å². The molecule has 0 aliphatic carbocycles. The van der Waals surface area contributed by atoms with Crippen molar-refractivity contribution in [2.24, 2.45) is 4.99 Å². The van der Waals surface area contributed by atoms with Gasteiger partial charge < -0.3 is 10.2 Å². The molecule has 0 aromatic rings. The molecule has 3 nitrogen and oxygen atoms in total. The van der Waals surface area contributed by atoms with Crippen molar-refractivity contribution in [3.63, 3.8) is 0 Å². The molecule has 0 unspecified atom stereocenters. The van der Waals surface area contributed by atoms with Crippen LogP contribution in [0.2, 0.25) is 0 Å². The highest BCUT2D eigenvalue weighted by molar-refractivity contribution is 8.13. The fourth-order valence-electron chi connectivity index (χ4n) is 1.44. The second-order valence-corrected chi connectivity index (χ2v) is 6.03. The van der Waals surface area contributed by atoms with Crippen molar-refractivity contribution in [2.75, 3.05) is 32.9 Å². The zero-order chi connectivity index (χ0) is 11.3. The van der Waals surface area contributed by atoms with Crippen LogP contribution in [0, 0.1) is 0 Å². The molecule has 1 aliphatic heterocycles. The van der Waals surface area contributed by atoms with Crippen LogP contribution in [0.1, 0.15) is 26.7 Å². The molecular weight excluding hydrogens is 206 g/mol. The van der Waals surface area contributed by atoms with Crippen molar-refractivity contribution < 1.29 is 0 Å². The maximum Gasteiger partial charge on any atom is 0.156 e. The summed E-state index contributed by atoms with van der Waals surface area (Å²) in [6, 6.07) is 0. The van der Waals surface area contributed by atoms with E-state index in [4.69, 9.17) is 0 Å². The van der Waals surface area contributed by atoms with Crippen LogP contribution in [-0.4, -0.2) is 48.5 Å². The van der Waals surface area contributed by atoms with Crippen LogP contribution in [0.25, 0.3) is 0 Å². The smallest absolute Gasteiger partial charge is 0.156 e. The first-order valence-electron chi connectivity index (χ1n) is 5.60. The Morgan fingerprint density at radius 2 is 2.20 bits per heavy atom. The third-order valence-electron chi connectivity index (χ3n) is 2.43. The lowest BCUT2D eigenvalue weighted by Gasteiger charge is -2.32. The van der Waals surface area contributed by atoms with Crippen LogP contribution in [0.4, 0.5) is 0 Å². The lowest BCUT2D eigenvalue weighted by atomic mass is 10.0. The van der Waals surface area contributed by atoms with Crippen LogP contribution >= 0.6 is 11.8 Å². The van der Waals surface area contributed by atoms with Gasteiger partial charge in [-0.25, -0.2) is 0 Å². The van der Waals surface area contributed by atoms with E-state index in [-0.39, 0.29) is 5.54 Å². The van der Waals surface area contributed by atoms with Gasteiger partial charge in [0.05, 0.1) is 0 Å². The maximum absolute atomic E-state index is 4.59. The minimum atomic E-state index is 0.228. The predicted octanol–water partition coefficient (Wildman–Crippen LogP) is 1.80. The summed E-state index contributed by atoms with van der Waals surface area (Å²) in [5.41, 5.74) is 0.228. The standard InChI is InChI=1S/C11H23N3S/c1-11(2)6-9-15-10(13-11)12-7-5-8-14(3)4/h5-9H2,1-4H3,(H,12,13). The first-order chi connectivity index (χ1) is 6.99. The van der Waals surface area contributed by atoms with Crippen molar-refractivity contribution in [2.45, 2.75) is 32.2 Å². The highest BCUT2D eigenvalue weighted by atomic mass is 32.2.